The van der Waals surface area contributed by atoms with Gasteiger partial charge in [0.25, 0.3) is 0 Å². The Kier molecular flexibility index (Phi) is 2.55. The van der Waals surface area contributed by atoms with Crippen molar-refractivity contribution in [2.24, 2.45) is 0 Å². The Hall–Kier alpha value is -2.56. The van der Waals surface area contributed by atoms with Crippen molar-refractivity contribution in [2.75, 3.05) is 13.2 Å². The van der Waals surface area contributed by atoms with Crippen LogP contribution in [0.1, 0.15) is 11.4 Å². The zero-order chi connectivity index (χ0) is 13.4. The van der Waals surface area contributed by atoms with Gasteiger partial charge < -0.3 is 14.5 Å². The van der Waals surface area contributed by atoms with Crippen LogP contribution in [0.4, 0.5) is 0 Å². The molecule has 0 spiro atoms. The van der Waals surface area contributed by atoms with E-state index in [1.807, 2.05) is 30.5 Å². The van der Waals surface area contributed by atoms with E-state index < -0.39 is 0 Å². The summed E-state index contributed by atoms with van der Waals surface area (Å²) in [6, 6.07) is 7.84. The SMILES string of the molecule is c1cncc(Cc2nc3cc4c(cc3[nH]2)OCCO4)c1. The Labute approximate surface area is 115 Å². The van der Waals surface area contributed by atoms with Crippen molar-refractivity contribution in [3.05, 3.63) is 48.0 Å². The number of hydrogen-bond donors (Lipinski definition) is 1. The molecule has 3 aromatic rings. The number of H-pyrrole nitrogens is 1. The molecule has 100 valence electrons. The van der Waals surface area contributed by atoms with Crippen molar-refractivity contribution < 1.29 is 9.47 Å². The number of nitrogens with one attached hydrogen (secondary N) is 1. The summed E-state index contributed by atoms with van der Waals surface area (Å²) in [6.45, 7) is 1.18. The monoisotopic (exact) mass is 267 g/mol. The Morgan fingerprint density at radius 2 is 2.00 bits per heavy atom. The van der Waals surface area contributed by atoms with Crippen molar-refractivity contribution >= 4 is 11.0 Å². The molecule has 3 heterocycles. The highest BCUT2D eigenvalue weighted by Crippen LogP contribution is 2.33. The average Bonchev–Trinajstić information content (AvgIpc) is 2.86. The first-order chi connectivity index (χ1) is 9.88. The zero-order valence-corrected chi connectivity index (χ0v) is 10.8. The highest BCUT2D eigenvalue weighted by atomic mass is 16.6. The molecule has 4 rings (SSSR count). The van der Waals surface area contributed by atoms with E-state index in [1.165, 1.54) is 0 Å². The van der Waals surface area contributed by atoms with Gasteiger partial charge in [-0.25, -0.2) is 4.98 Å². The molecule has 0 saturated carbocycles. The van der Waals surface area contributed by atoms with Crippen molar-refractivity contribution in [1.29, 1.82) is 0 Å². The molecule has 2 aromatic heterocycles. The van der Waals surface area contributed by atoms with Crippen LogP contribution in [0.15, 0.2) is 36.7 Å². The molecule has 5 heteroatoms. The number of nitrogens with zero attached hydrogens (tertiary/aromatic N) is 2. The fourth-order valence-corrected chi connectivity index (χ4v) is 2.38. The van der Waals surface area contributed by atoms with E-state index in [0.717, 1.165) is 40.3 Å². The summed E-state index contributed by atoms with van der Waals surface area (Å²) in [6.07, 6.45) is 4.35. The van der Waals surface area contributed by atoms with E-state index in [4.69, 9.17) is 9.47 Å². The van der Waals surface area contributed by atoms with E-state index in [0.29, 0.717) is 13.2 Å². The summed E-state index contributed by atoms with van der Waals surface area (Å²) in [5, 5.41) is 0. The summed E-state index contributed by atoms with van der Waals surface area (Å²) >= 11 is 0. The van der Waals surface area contributed by atoms with Gasteiger partial charge in [-0.05, 0) is 11.6 Å². The minimum absolute atomic E-state index is 0.589. The predicted octanol–water partition coefficient (Wildman–Crippen LogP) is 2.32. The minimum atomic E-state index is 0.589. The van der Waals surface area contributed by atoms with Gasteiger partial charge in [-0.3, -0.25) is 4.98 Å². The largest absolute Gasteiger partial charge is 0.486 e. The van der Waals surface area contributed by atoms with Gasteiger partial charge in [-0.2, -0.15) is 0 Å². The molecule has 20 heavy (non-hydrogen) atoms. The zero-order valence-electron chi connectivity index (χ0n) is 10.8. The molecule has 0 bridgehead atoms. The first kappa shape index (κ1) is 11.3. The Bertz CT molecular complexity index is 709. The van der Waals surface area contributed by atoms with Gasteiger partial charge in [-0.1, -0.05) is 6.07 Å². The van der Waals surface area contributed by atoms with Gasteiger partial charge in [0.1, 0.15) is 19.0 Å². The van der Waals surface area contributed by atoms with Crippen molar-refractivity contribution in [2.45, 2.75) is 6.42 Å². The maximum absolute atomic E-state index is 5.58. The van der Waals surface area contributed by atoms with Gasteiger partial charge in [0.05, 0.1) is 11.0 Å². The molecular formula is C15H13N3O2. The fourth-order valence-electron chi connectivity index (χ4n) is 2.38. The first-order valence-corrected chi connectivity index (χ1v) is 6.56. The van der Waals surface area contributed by atoms with Crippen LogP contribution in [0.5, 0.6) is 11.5 Å². The normalized spacial score (nSPS) is 13.6. The molecule has 0 unspecified atom stereocenters. The predicted molar refractivity (Wildman–Crippen MR) is 74.1 cm³/mol. The molecule has 0 radical (unpaired) electrons. The second kappa shape index (κ2) is 4.52. The van der Waals surface area contributed by atoms with E-state index in [9.17, 15) is 0 Å². The number of rotatable bonds is 2. The molecule has 0 atom stereocenters. The lowest BCUT2D eigenvalue weighted by Gasteiger charge is -2.17. The van der Waals surface area contributed by atoms with E-state index in [2.05, 4.69) is 15.0 Å². The molecule has 1 aromatic carbocycles. The number of aromatic amines is 1. The van der Waals surface area contributed by atoms with Crippen LogP contribution in [-0.4, -0.2) is 28.2 Å². The Balaban J connectivity index is 1.71. The third kappa shape index (κ3) is 1.97. The molecular weight excluding hydrogens is 254 g/mol. The van der Waals surface area contributed by atoms with Crippen molar-refractivity contribution in [1.82, 2.24) is 15.0 Å². The second-order valence-electron chi connectivity index (χ2n) is 4.73. The summed E-state index contributed by atoms with van der Waals surface area (Å²) in [7, 11) is 0. The van der Waals surface area contributed by atoms with E-state index in [1.54, 1.807) is 6.20 Å². The van der Waals surface area contributed by atoms with Gasteiger partial charge in [0, 0.05) is 30.9 Å². The fraction of sp³-hybridized carbons (Fsp3) is 0.200. The Morgan fingerprint density at radius 3 is 2.80 bits per heavy atom. The highest BCUT2D eigenvalue weighted by molar-refractivity contribution is 5.80. The molecule has 0 aliphatic carbocycles. The minimum Gasteiger partial charge on any atom is -0.486 e. The third-order valence-corrected chi connectivity index (χ3v) is 3.29. The maximum atomic E-state index is 5.58. The lowest BCUT2D eigenvalue weighted by atomic mass is 10.2. The van der Waals surface area contributed by atoms with Crippen LogP contribution in [0.2, 0.25) is 0 Å². The highest BCUT2D eigenvalue weighted by Gasteiger charge is 2.14. The number of imidazole rings is 1. The smallest absolute Gasteiger partial charge is 0.163 e. The van der Waals surface area contributed by atoms with Gasteiger partial charge in [-0.15, -0.1) is 0 Å². The first-order valence-electron chi connectivity index (χ1n) is 6.56. The number of benzene rings is 1. The van der Waals surface area contributed by atoms with Crippen LogP contribution in [0.25, 0.3) is 11.0 Å². The molecule has 1 N–H and O–H groups in total. The van der Waals surface area contributed by atoms with E-state index in [-0.39, 0.29) is 0 Å². The Morgan fingerprint density at radius 1 is 1.15 bits per heavy atom. The van der Waals surface area contributed by atoms with Gasteiger partial charge >= 0.3 is 0 Å². The molecule has 1 aliphatic heterocycles. The number of ether oxygens (including phenoxy) is 2. The molecule has 1 aliphatic rings. The van der Waals surface area contributed by atoms with Gasteiger partial charge in [0.2, 0.25) is 0 Å². The summed E-state index contributed by atoms with van der Waals surface area (Å²) < 4.78 is 11.1. The standard InChI is InChI=1S/C15H13N3O2/c1-2-10(9-16-3-1)6-15-17-11-7-13-14(8-12(11)18-15)20-5-4-19-13/h1-3,7-9H,4-6H2,(H,17,18). The molecule has 5 nitrogen and oxygen atoms in total. The number of pyridine rings is 1. The summed E-state index contributed by atoms with van der Waals surface area (Å²) in [5.41, 5.74) is 2.99. The lowest BCUT2D eigenvalue weighted by molar-refractivity contribution is 0.172. The quantitative estimate of drug-likeness (QED) is 0.774. The number of hydrogen-bond acceptors (Lipinski definition) is 4. The van der Waals surface area contributed by atoms with Crippen LogP contribution in [0, 0.1) is 0 Å². The summed E-state index contributed by atoms with van der Waals surface area (Å²) in [5.74, 6) is 2.46. The van der Waals surface area contributed by atoms with E-state index >= 15 is 0 Å². The third-order valence-electron chi connectivity index (χ3n) is 3.29. The number of aromatic nitrogens is 3. The van der Waals surface area contributed by atoms with Crippen LogP contribution >= 0.6 is 0 Å². The molecule has 0 amide bonds. The summed E-state index contributed by atoms with van der Waals surface area (Å²) in [4.78, 5) is 12.0. The van der Waals surface area contributed by atoms with Gasteiger partial charge in [0.15, 0.2) is 11.5 Å². The molecule has 0 saturated heterocycles. The number of fused-ring (bicyclic) bond motifs is 2. The van der Waals surface area contributed by atoms with Crippen molar-refractivity contribution in [3.8, 4) is 11.5 Å². The maximum Gasteiger partial charge on any atom is 0.163 e. The second-order valence-corrected chi connectivity index (χ2v) is 4.73. The average molecular weight is 267 g/mol. The van der Waals surface area contributed by atoms with Crippen LogP contribution < -0.4 is 9.47 Å². The lowest BCUT2D eigenvalue weighted by Crippen LogP contribution is -2.15. The molecule has 0 fully saturated rings. The van der Waals surface area contributed by atoms with Crippen molar-refractivity contribution in [3.63, 3.8) is 0 Å². The van der Waals surface area contributed by atoms with Crippen LogP contribution in [0.3, 0.4) is 0 Å². The van der Waals surface area contributed by atoms with Crippen LogP contribution in [-0.2, 0) is 6.42 Å². The topological polar surface area (TPSA) is 60.0 Å².